The number of nitrogens with one attached hydrogen (secondary N) is 1. The van der Waals surface area contributed by atoms with Crippen molar-refractivity contribution in [2.45, 2.75) is 19.3 Å². The smallest absolute Gasteiger partial charge is 0.243 e. The number of hydrogen-bond donors (Lipinski definition) is 1. The zero-order valence-electron chi connectivity index (χ0n) is 15.2. The van der Waals surface area contributed by atoms with E-state index in [2.05, 4.69) is 20.5 Å². The van der Waals surface area contributed by atoms with E-state index >= 15 is 0 Å². The van der Waals surface area contributed by atoms with Crippen LogP contribution >= 0.6 is 0 Å². The van der Waals surface area contributed by atoms with Gasteiger partial charge in [0.15, 0.2) is 0 Å². The minimum Gasteiger partial charge on any atom is -0.481 e. The Morgan fingerprint density at radius 1 is 1.30 bits per heavy atom. The van der Waals surface area contributed by atoms with Crippen LogP contribution in [0.1, 0.15) is 29.0 Å². The van der Waals surface area contributed by atoms with E-state index in [0.29, 0.717) is 5.88 Å². The number of fused-ring (bicyclic) bond motifs is 1. The quantitative estimate of drug-likeness (QED) is 0.560. The standard InChI is InChI=1S/C21H20N4O2/c1-13-8-14(9-15-4-3-7-22-20(13)15)11-24-25-21(26)18-10-17(18)16-5-6-19(27-2)23-12-16/h3-9,11-12,17-18H,10H2,1-2H3,(H,25,26). The molecule has 1 aliphatic carbocycles. The second-order valence-electron chi connectivity index (χ2n) is 6.73. The fraction of sp³-hybridized carbons (Fsp3) is 0.238. The van der Waals surface area contributed by atoms with Crippen molar-refractivity contribution in [3.05, 3.63) is 65.5 Å². The van der Waals surface area contributed by atoms with Gasteiger partial charge < -0.3 is 4.74 Å². The number of pyridine rings is 2. The van der Waals surface area contributed by atoms with Crippen LogP contribution in [0.4, 0.5) is 0 Å². The van der Waals surface area contributed by atoms with Crippen molar-refractivity contribution in [2.75, 3.05) is 7.11 Å². The highest BCUT2D eigenvalue weighted by Crippen LogP contribution is 2.47. The van der Waals surface area contributed by atoms with Gasteiger partial charge in [-0.1, -0.05) is 12.1 Å². The van der Waals surface area contributed by atoms with Crippen molar-refractivity contribution in [3.8, 4) is 5.88 Å². The van der Waals surface area contributed by atoms with Crippen LogP contribution in [0, 0.1) is 12.8 Å². The van der Waals surface area contributed by atoms with Crippen molar-refractivity contribution in [1.29, 1.82) is 0 Å². The summed E-state index contributed by atoms with van der Waals surface area (Å²) in [5, 5.41) is 5.18. The molecule has 1 aromatic carbocycles. The highest BCUT2D eigenvalue weighted by atomic mass is 16.5. The first-order valence-electron chi connectivity index (χ1n) is 8.84. The maximum absolute atomic E-state index is 12.3. The Morgan fingerprint density at radius 3 is 2.96 bits per heavy atom. The zero-order valence-corrected chi connectivity index (χ0v) is 15.2. The fourth-order valence-corrected chi connectivity index (χ4v) is 3.32. The molecular formula is C21H20N4O2. The first-order chi connectivity index (χ1) is 13.2. The summed E-state index contributed by atoms with van der Waals surface area (Å²) in [6, 6.07) is 11.7. The van der Waals surface area contributed by atoms with Crippen molar-refractivity contribution in [1.82, 2.24) is 15.4 Å². The molecule has 0 aliphatic heterocycles. The lowest BCUT2D eigenvalue weighted by atomic mass is 10.1. The largest absolute Gasteiger partial charge is 0.481 e. The number of aryl methyl sites for hydroxylation is 1. The molecule has 1 N–H and O–H groups in total. The van der Waals surface area contributed by atoms with Crippen molar-refractivity contribution < 1.29 is 9.53 Å². The number of ether oxygens (including phenoxy) is 1. The summed E-state index contributed by atoms with van der Waals surface area (Å²) >= 11 is 0. The van der Waals surface area contributed by atoms with Gasteiger partial charge in [0.05, 0.1) is 18.8 Å². The van der Waals surface area contributed by atoms with Gasteiger partial charge in [0.25, 0.3) is 0 Å². The normalized spacial score (nSPS) is 18.6. The van der Waals surface area contributed by atoms with E-state index in [4.69, 9.17) is 4.74 Å². The number of hydrogen-bond acceptors (Lipinski definition) is 5. The lowest BCUT2D eigenvalue weighted by molar-refractivity contribution is -0.122. The molecule has 3 aromatic rings. The highest BCUT2D eigenvalue weighted by molar-refractivity contribution is 5.91. The van der Waals surface area contributed by atoms with Crippen LogP contribution in [0.5, 0.6) is 5.88 Å². The number of benzene rings is 1. The zero-order chi connectivity index (χ0) is 18.8. The van der Waals surface area contributed by atoms with E-state index in [0.717, 1.165) is 34.0 Å². The van der Waals surface area contributed by atoms with Gasteiger partial charge in [-0.15, -0.1) is 0 Å². The molecule has 1 saturated carbocycles. The highest BCUT2D eigenvalue weighted by Gasteiger charge is 2.44. The lowest BCUT2D eigenvalue weighted by Gasteiger charge is -2.03. The van der Waals surface area contributed by atoms with Gasteiger partial charge in [0.2, 0.25) is 11.8 Å². The van der Waals surface area contributed by atoms with E-state index in [9.17, 15) is 4.79 Å². The van der Waals surface area contributed by atoms with Gasteiger partial charge in [0.1, 0.15) is 0 Å². The molecule has 1 aliphatic rings. The summed E-state index contributed by atoms with van der Waals surface area (Å²) in [6.07, 6.45) is 6.04. The Kier molecular flexibility index (Phi) is 4.54. The third-order valence-electron chi connectivity index (χ3n) is 4.83. The summed E-state index contributed by atoms with van der Waals surface area (Å²) in [4.78, 5) is 20.9. The van der Waals surface area contributed by atoms with Gasteiger partial charge in [0, 0.05) is 29.8 Å². The SMILES string of the molecule is COc1ccc(C2CC2C(=O)NN=Cc2cc(C)c3ncccc3c2)cn1. The number of hydrazone groups is 1. The number of amides is 1. The maximum Gasteiger partial charge on any atom is 0.243 e. The third-order valence-corrected chi connectivity index (χ3v) is 4.83. The lowest BCUT2D eigenvalue weighted by Crippen LogP contribution is -2.20. The molecule has 1 amide bonds. The molecule has 4 rings (SSSR count). The summed E-state index contributed by atoms with van der Waals surface area (Å²) in [6.45, 7) is 2.02. The second-order valence-corrected chi connectivity index (χ2v) is 6.73. The first-order valence-corrected chi connectivity index (χ1v) is 8.84. The first kappa shape index (κ1) is 17.1. The molecule has 2 atom stereocenters. The molecule has 2 heterocycles. The number of carbonyl (C=O) groups is 1. The van der Waals surface area contributed by atoms with E-state index in [1.54, 1.807) is 25.7 Å². The molecule has 27 heavy (non-hydrogen) atoms. The Labute approximate surface area is 157 Å². The van der Waals surface area contributed by atoms with Gasteiger partial charge in [-0.05, 0) is 54.2 Å². The summed E-state index contributed by atoms with van der Waals surface area (Å²) in [7, 11) is 1.58. The summed E-state index contributed by atoms with van der Waals surface area (Å²) in [5.74, 6) is 0.657. The molecule has 0 spiro atoms. The Morgan fingerprint density at radius 2 is 2.19 bits per heavy atom. The average Bonchev–Trinajstić information content (AvgIpc) is 3.49. The maximum atomic E-state index is 12.3. The molecule has 1 fully saturated rings. The molecule has 2 unspecified atom stereocenters. The molecule has 6 nitrogen and oxygen atoms in total. The molecule has 0 saturated heterocycles. The summed E-state index contributed by atoms with van der Waals surface area (Å²) in [5.41, 5.74) is 6.69. The molecule has 6 heteroatoms. The Balaban J connectivity index is 1.38. The van der Waals surface area contributed by atoms with Gasteiger partial charge >= 0.3 is 0 Å². The topological polar surface area (TPSA) is 76.5 Å². The predicted molar refractivity (Wildman–Crippen MR) is 104 cm³/mol. The van der Waals surface area contributed by atoms with Crippen molar-refractivity contribution in [2.24, 2.45) is 11.0 Å². The third kappa shape index (κ3) is 3.65. The van der Waals surface area contributed by atoms with Crippen LogP contribution in [0.3, 0.4) is 0 Å². The van der Waals surface area contributed by atoms with Gasteiger partial charge in [-0.2, -0.15) is 5.10 Å². The van der Waals surface area contributed by atoms with Crippen molar-refractivity contribution in [3.63, 3.8) is 0 Å². The van der Waals surface area contributed by atoms with Crippen LogP contribution in [0.2, 0.25) is 0 Å². The molecule has 136 valence electrons. The van der Waals surface area contributed by atoms with Gasteiger partial charge in [-0.3, -0.25) is 9.78 Å². The molecule has 0 radical (unpaired) electrons. The number of nitrogens with zero attached hydrogens (tertiary/aromatic N) is 3. The van der Waals surface area contributed by atoms with Gasteiger partial charge in [-0.25, -0.2) is 10.4 Å². The van der Waals surface area contributed by atoms with Crippen LogP contribution in [0.25, 0.3) is 10.9 Å². The van der Waals surface area contributed by atoms with Crippen LogP contribution in [0.15, 0.2) is 53.9 Å². The van der Waals surface area contributed by atoms with Crippen LogP contribution in [-0.4, -0.2) is 29.2 Å². The monoisotopic (exact) mass is 360 g/mol. The minimum absolute atomic E-state index is 0.0557. The number of rotatable bonds is 5. The molecule has 2 aromatic heterocycles. The van der Waals surface area contributed by atoms with Crippen LogP contribution in [-0.2, 0) is 4.79 Å². The number of methoxy groups -OCH3 is 1. The second kappa shape index (κ2) is 7.15. The van der Waals surface area contributed by atoms with E-state index in [-0.39, 0.29) is 17.7 Å². The Bertz CT molecular complexity index is 1010. The Hall–Kier alpha value is -3.28. The molecular weight excluding hydrogens is 340 g/mol. The predicted octanol–water partition coefficient (Wildman–Crippen LogP) is 3.20. The van der Waals surface area contributed by atoms with E-state index < -0.39 is 0 Å². The van der Waals surface area contributed by atoms with Crippen LogP contribution < -0.4 is 10.2 Å². The number of carbonyl (C=O) groups excluding carboxylic acids is 1. The fourth-order valence-electron chi connectivity index (χ4n) is 3.32. The minimum atomic E-state index is -0.0637. The van der Waals surface area contributed by atoms with E-state index in [1.165, 1.54) is 0 Å². The van der Waals surface area contributed by atoms with Crippen molar-refractivity contribution >= 4 is 23.0 Å². The average molecular weight is 360 g/mol. The number of aromatic nitrogens is 2. The van der Waals surface area contributed by atoms with E-state index in [1.807, 2.05) is 43.3 Å². The molecule has 0 bridgehead atoms. The summed E-state index contributed by atoms with van der Waals surface area (Å²) < 4.78 is 5.06.